The summed E-state index contributed by atoms with van der Waals surface area (Å²) in [4.78, 5) is 0. The van der Waals surface area contributed by atoms with Gasteiger partial charge in [-0.05, 0) is 36.8 Å². The number of halogens is 1. The zero-order valence-electron chi connectivity index (χ0n) is 11.5. The first-order chi connectivity index (χ1) is 9.65. The molecule has 0 aliphatic heterocycles. The standard InChI is InChI=1S/C16H17FO3/c1-3-20-13-6-4-5-11(9-13)16(18)14-8-7-12(19-2)10-15(14)17/h4-10,16,18H,3H2,1-2H3. The summed E-state index contributed by atoms with van der Waals surface area (Å²) >= 11 is 0. The van der Waals surface area contributed by atoms with Crippen LogP contribution < -0.4 is 9.47 Å². The van der Waals surface area contributed by atoms with Gasteiger partial charge in [0, 0.05) is 11.6 Å². The molecule has 0 aliphatic carbocycles. The second-order valence-electron chi connectivity index (χ2n) is 4.30. The fourth-order valence-corrected chi connectivity index (χ4v) is 1.98. The van der Waals surface area contributed by atoms with E-state index in [1.165, 1.54) is 19.2 Å². The van der Waals surface area contributed by atoms with E-state index in [0.29, 0.717) is 23.7 Å². The number of ether oxygens (including phenoxy) is 2. The summed E-state index contributed by atoms with van der Waals surface area (Å²) < 4.78 is 24.3. The molecule has 20 heavy (non-hydrogen) atoms. The van der Waals surface area contributed by atoms with Gasteiger partial charge in [-0.2, -0.15) is 0 Å². The zero-order chi connectivity index (χ0) is 14.5. The van der Waals surface area contributed by atoms with Crippen LogP contribution in [0.2, 0.25) is 0 Å². The average Bonchev–Trinajstić information content (AvgIpc) is 2.47. The maximum Gasteiger partial charge on any atom is 0.133 e. The number of rotatable bonds is 5. The summed E-state index contributed by atoms with van der Waals surface area (Å²) in [6.45, 7) is 2.42. The van der Waals surface area contributed by atoms with Crippen molar-refractivity contribution < 1.29 is 19.0 Å². The summed E-state index contributed by atoms with van der Waals surface area (Å²) in [5.41, 5.74) is 0.791. The molecule has 0 fully saturated rings. The Hall–Kier alpha value is -2.07. The Balaban J connectivity index is 2.30. The fraction of sp³-hybridized carbons (Fsp3) is 0.250. The Labute approximate surface area is 117 Å². The lowest BCUT2D eigenvalue weighted by Crippen LogP contribution is -2.03. The molecule has 0 radical (unpaired) electrons. The number of methoxy groups -OCH3 is 1. The van der Waals surface area contributed by atoms with Crippen LogP contribution in [0.5, 0.6) is 11.5 Å². The van der Waals surface area contributed by atoms with Crippen LogP contribution in [0.3, 0.4) is 0 Å². The third-order valence-electron chi connectivity index (χ3n) is 2.99. The molecule has 106 valence electrons. The monoisotopic (exact) mass is 276 g/mol. The number of hydrogen-bond donors (Lipinski definition) is 1. The maximum absolute atomic E-state index is 14.0. The van der Waals surface area contributed by atoms with Crippen LogP contribution in [0.25, 0.3) is 0 Å². The van der Waals surface area contributed by atoms with Gasteiger partial charge in [0.2, 0.25) is 0 Å². The lowest BCUT2D eigenvalue weighted by atomic mass is 10.0. The highest BCUT2D eigenvalue weighted by Gasteiger charge is 2.16. The molecule has 0 heterocycles. The van der Waals surface area contributed by atoms with Crippen molar-refractivity contribution in [1.29, 1.82) is 0 Å². The van der Waals surface area contributed by atoms with Gasteiger partial charge >= 0.3 is 0 Å². The summed E-state index contributed by atoms with van der Waals surface area (Å²) in [6, 6.07) is 11.4. The minimum absolute atomic E-state index is 0.208. The van der Waals surface area contributed by atoms with Crippen molar-refractivity contribution >= 4 is 0 Å². The molecule has 0 saturated heterocycles. The molecule has 2 rings (SSSR count). The number of aliphatic hydroxyl groups excluding tert-OH is 1. The SMILES string of the molecule is CCOc1cccc(C(O)c2ccc(OC)cc2F)c1. The molecular formula is C16H17FO3. The summed E-state index contributed by atoms with van der Waals surface area (Å²) in [6.07, 6.45) is -1.04. The minimum Gasteiger partial charge on any atom is -0.497 e. The van der Waals surface area contributed by atoms with Crippen LogP contribution in [-0.2, 0) is 0 Å². The van der Waals surface area contributed by atoms with Crippen molar-refractivity contribution in [2.24, 2.45) is 0 Å². The van der Waals surface area contributed by atoms with E-state index in [1.807, 2.05) is 6.92 Å². The van der Waals surface area contributed by atoms with Gasteiger partial charge in [-0.25, -0.2) is 4.39 Å². The van der Waals surface area contributed by atoms with E-state index in [9.17, 15) is 9.50 Å². The van der Waals surface area contributed by atoms with Crippen molar-refractivity contribution in [3.05, 3.63) is 59.4 Å². The maximum atomic E-state index is 14.0. The molecule has 2 aromatic rings. The molecule has 0 aliphatic rings. The van der Waals surface area contributed by atoms with E-state index in [2.05, 4.69) is 0 Å². The first-order valence-corrected chi connectivity index (χ1v) is 6.40. The Morgan fingerprint density at radius 2 is 1.95 bits per heavy atom. The van der Waals surface area contributed by atoms with E-state index in [1.54, 1.807) is 30.3 Å². The molecule has 0 bridgehead atoms. The molecule has 4 heteroatoms. The second-order valence-corrected chi connectivity index (χ2v) is 4.30. The zero-order valence-corrected chi connectivity index (χ0v) is 11.5. The molecule has 1 atom stereocenters. The van der Waals surface area contributed by atoms with Crippen LogP contribution in [0.4, 0.5) is 4.39 Å². The Bertz CT molecular complexity index is 584. The van der Waals surface area contributed by atoms with Crippen LogP contribution in [0, 0.1) is 5.82 Å². The molecule has 3 nitrogen and oxygen atoms in total. The summed E-state index contributed by atoms with van der Waals surface area (Å²) in [5, 5.41) is 10.3. The highest BCUT2D eigenvalue weighted by Crippen LogP contribution is 2.28. The lowest BCUT2D eigenvalue weighted by molar-refractivity contribution is 0.214. The van der Waals surface area contributed by atoms with E-state index in [-0.39, 0.29) is 5.56 Å². The molecule has 1 N–H and O–H groups in total. The van der Waals surface area contributed by atoms with E-state index in [4.69, 9.17) is 9.47 Å². The molecule has 0 amide bonds. The Morgan fingerprint density at radius 3 is 2.60 bits per heavy atom. The van der Waals surface area contributed by atoms with Crippen molar-refractivity contribution in [3.63, 3.8) is 0 Å². The highest BCUT2D eigenvalue weighted by atomic mass is 19.1. The summed E-state index contributed by atoms with van der Waals surface area (Å²) in [7, 11) is 1.47. The minimum atomic E-state index is -1.04. The fourth-order valence-electron chi connectivity index (χ4n) is 1.98. The van der Waals surface area contributed by atoms with E-state index in [0.717, 1.165) is 0 Å². The quantitative estimate of drug-likeness (QED) is 0.910. The van der Waals surface area contributed by atoms with Gasteiger partial charge in [0.1, 0.15) is 23.4 Å². The normalized spacial score (nSPS) is 12.0. The lowest BCUT2D eigenvalue weighted by Gasteiger charge is -2.14. The van der Waals surface area contributed by atoms with Crippen LogP contribution in [0.15, 0.2) is 42.5 Å². The molecule has 0 saturated carbocycles. The second kappa shape index (κ2) is 6.39. The van der Waals surface area contributed by atoms with Crippen molar-refractivity contribution in [2.75, 3.05) is 13.7 Å². The van der Waals surface area contributed by atoms with Gasteiger partial charge in [-0.3, -0.25) is 0 Å². The largest absolute Gasteiger partial charge is 0.497 e. The van der Waals surface area contributed by atoms with Gasteiger partial charge in [0.25, 0.3) is 0 Å². The predicted octanol–water partition coefficient (Wildman–Crippen LogP) is 3.31. The molecule has 0 aromatic heterocycles. The van der Waals surface area contributed by atoms with Gasteiger partial charge in [-0.15, -0.1) is 0 Å². The van der Waals surface area contributed by atoms with Crippen LogP contribution in [-0.4, -0.2) is 18.8 Å². The van der Waals surface area contributed by atoms with Crippen molar-refractivity contribution in [1.82, 2.24) is 0 Å². The number of benzene rings is 2. The smallest absolute Gasteiger partial charge is 0.133 e. The predicted molar refractivity (Wildman–Crippen MR) is 74.6 cm³/mol. The van der Waals surface area contributed by atoms with Crippen molar-refractivity contribution in [3.8, 4) is 11.5 Å². The first kappa shape index (κ1) is 14.3. The van der Waals surface area contributed by atoms with E-state index >= 15 is 0 Å². The van der Waals surface area contributed by atoms with E-state index < -0.39 is 11.9 Å². The third kappa shape index (κ3) is 3.08. The van der Waals surface area contributed by atoms with Gasteiger partial charge in [0.15, 0.2) is 0 Å². The summed E-state index contributed by atoms with van der Waals surface area (Å²) in [5.74, 6) is 0.568. The van der Waals surface area contributed by atoms with Gasteiger partial charge in [-0.1, -0.05) is 12.1 Å². The molecule has 2 aromatic carbocycles. The van der Waals surface area contributed by atoms with Crippen LogP contribution >= 0.6 is 0 Å². The van der Waals surface area contributed by atoms with Gasteiger partial charge in [0.05, 0.1) is 13.7 Å². The van der Waals surface area contributed by atoms with Gasteiger partial charge < -0.3 is 14.6 Å². The first-order valence-electron chi connectivity index (χ1n) is 6.40. The topological polar surface area (TPSA) is 38.7 Å². The Morgan fingerprint density at radius 1 is 1.15 bits per heavy atom. The Kier molecular flexibility index (Phi) is 4.58. The molecule has 1 unspecified atom stereocenters. The highest BCUT2D eigenvalue weighted by molar-refractivity contribution is 5.38. The third-order valence-corrected chi connectivity index (χ3v) is 2.99. The molecular weight excluding hydrogens is 259 g/mol. The van der Waals surface area contributed by atoms with Crippen molar-refractivity contribution in [2.45, 2.75) is 13.0 Å². The average molecular weight is 276 g/mol. The number of hydrogen-bond acceptors (Lipinski definition) is 3. The van der Waals surface area contributed by atoms with Crippen LogP contribution in [0.1, 0.15) is 24.2 Å². The number of aliphatic hydroxyl groups is 1. The molecule has 0 spiro atoms.